The Morgan fingerprint density at radius 3 is 2.48 bits per heavy atom. The van der Waals surface area contributed by atoms with Crippen LogP contribution in [0.5, 0.6) is 0 Å². The Morgan fingerprint density at radius 2 is 1.95 bits per heavy atom. The van der Waals surface area contributed by atoms with Gasteiger partial charge in [-0.25, -0.2) is 8.42 Å². The fraction of sp³-hybridized carbons (Fsp3) is 0.364. The summed E-state index contributed by atoms with van der Waals surface area (Å²) in [5.74, 6) is -1.75. The van der Waals surface area contributed by atoms with Gasteiger partial charge >= 0.3 is 12.1 Å². The van der Waals surface area contributed by atoms with Gasteiger partial charge in [0.15, 0.2) is 0 Å². The van der Waals surface area contributed by atoms with Crippen molar-refractivity contribution in [3.63, 3.8) is 0 Å². The third kappa shape index (κ3) is 5.92. The molecule has 5 nitrogen and oxygen atoms in total. The van der Waals surface area contributed by atoms with E-state index >= 15 is 0 Å². The summed E-state index contributed by atoms with van der Waals surface area (Å²) in [7, 11) is -4.05. The van der Waals surface area contributed by atoms with Crippen molar-refractivity contribution in [2.24, 2.45) is 0 Å². The molecule has 1 rings (SSSR count). The average Bonchev–Trinajstić information content (AvgIpc) is 2.29. The Labute approximate surface area is 127 Å². The van der Waals surface area contributed by atoms with Crippen molar-refractivity contribution < 1.29 is 31.5 Å². The number of hydrogen-bond donors (Lipinski definition) is 2. The van der Waals surface area contributed by atoms with Gasteiger partial charge in [-0.1, -0.05) is 15.9 Å². The van der Waals surface area contributed by atoms with Gasteiger partial charge in [0.1, 0.15) is 0 Å². The summed E-state index contributed by atoms with van der Waals surface area (Å²) in [5.41, 5.74) is -1.72. The van der Waals surface area contributed by atoms with Gasteiger partial charge in [-0.2, -0.15) is 13.2 Å². The number of halogens is 4. The molecule has 1 aromatic rings. The number of anilines is 1. The molecule has 0 atom stereocenters. The first-order chi connectivity index (χ1) is 9.51. The van der Waals surface area contributed by atoms with Crippen LogP contribution in [0.15, 0.2) is 22.7 Å². The van der Waals surface area contributed by atoms with Crippen LogP contribution >= 0.6 is 15.9 Å². The lowest BCUT2D eigenvalue weighted by Gasteiger charge is -2.15. The second kappa shape index (κ2) is 6.65. The zero-order valence-corrected chi connectivity index (χ0v) is 12.8. The first-order valence-corrected chi connectivity index (χ1v) is 8.05. The molecule has 1 aromatic carbocycles. The van der Waals surface area contributed by atoms with E-state index in [1.165, 1.54) is 6.07 Å². The van der Waals surface area contributed by atoms with Crippen molar-refractivity contribution in [3.05, 3.63) is 28.2 Å². The molecule has 0 heterocycles. The number of benzene rings is 1. The lowest BCUT2D eigenvalue weighted by Crippen LogP contribution is -2.20. The third-order valence-electron chi connectivity index (χ3n) is 2.36. The molecule has 2 N–H and O–H groups in total. The predicted molar refractivity (Wildman–Crippen MR) is 73.4 cm³/mol. The fourth-order valence-electron chi connectivity index (χ4n) is 1.47. The monoisotopic (exact) mass is 389 g/mol. The highest BCUT2D eigenvalue weighted by atomic mass is 79.9. The van der Waals surface area contributed by atoms with Crippen LogP contribution in [0.3, 0.4) is 0 Å². The van der Waals surface area contributed by atoms with E-state index in [1.807, 2.05) is 4.72 Å². The number of rotatable bonds is 6. The van der Waals surface area contributed by atoms with Gasteiger partial charge in [0.25, 0.3) is 0 Å². The highest BCUT2D eigenvalue weighted by Gasteiger charge is 2.34. The molecule has 0 spiro atoms. The van der Waals surface area contributed by atoms with Crippen LogP contribution in [-0.4, -0.2) is 25.2 Å². The first-order valence-electron chi connectivity index (χ1n) is 5.60. The number of sulfonamides is 1. The van der Waals surface area contributed by atoms with Gasteiger partial charge in [0.05, 0.1) is 17.0 Å². The predicted octanol–water partition coefficient (Wildman–Crippen LogP) is 3.07. The van der Waals surface area contributed by atoms with Crippen LogP contribution in [0.2, 0.25) is 0 Å². The van der Waals surface area contributed by atoms with Gasteiger partial charge in [0, 0.05) is 10.9 Å². The Kier molecular flexibility index (Phi) is 5.62. The van der Waals surface area contributed by atoms with E-state index in [-0.39, 0.29) is 17.3 Å². The van der Waals surface area contributed by atoms with Gasteiger partial charge in [-0.05, 0) is 24.6 Å². The quantitative estimate of drug-likeness (QED) is 0.782. The number of carboxylic acids is 1. The molecule has 118 valence electrons. The Balaban J connectivity index is 2.94. The van der Waals surface area contributed by atoms with Gasteiger partial charge in [0.2, 0.25) is 10.0 Å². The smallest absolute Gasteiger partial charge is 0.418 e. The molecule has 21 heavy (non-hydrogen) atoms. The van der Waals surface area contributed by atoms with Crippen LogP contribution in [-0.2, 0) is 21.0 Å². The molecule has 0 aliphatic rings. The summed E-state index contributed by atoms with van der Waals surface area (Å²) in [5, 5.41) is 8.41. The number of carboxylic acid groups (broad SMARTS) is 1. The molecule has 0 saturated heterocycles. The molecule has 0 fully saturated rings. The first kappa shape index (κ1) is 17.8. The lowest BCUT2D eigenvalue weighted by atomic mass is 10.2. The van der Waals surface area contributed by atoms with Crippen LogP contribution < -0.4 is 4.72 Å². The number of nitrogens with one attached hydrogen (secondary N) is 1. The number of alkyl halides is 3. The summed E-state index contributed by atoms with van der Waals surface area (Å²) < 4.78 is 63.8. The van der Waals surface area contributed by atoms with Crippen LogP contribution in [0.4, 0.5) is 18.9 Å². The Bertz CT molecular complexity index is 631. The molecule has 0 amide bonds. The molecular weight excluding hydrogens is 379 g/mol. The van der Waals surface area contributed by atoms with Crippen molar-refractivity contribution in [1.82, 2.24) is 0 Å². The molecule has 0 aliphatic carbocycles. The van der Waals surface area contributed by atoms with Crippen molar-refractivity contribution in [1.29, 1.82) is 0 Å². The van der Waals surface area contributed by atoms with Gasteiger partial charge < -0.3 is 5.11 Å². The van der Waals surface area contributed by atoms with E-state index in [1.54, 1.807) is 0 Å². The standard InChI is InChI=1S/C11H11BrF3NO4S/c12-7-3-4-9(8(6-7)11(13,14)15)16-21(19,20)5-1-2-10(17)18/h3-4,6,16H,1-2,5H2,(H,17,18). The topological polar surface area (TPSA) is 83.5 Å². The van der Waals surface area contributed by atoms with Crippen LogP contribution in [0.1, 0.15) is 18.4 Å². The summed E-state index contributed by atoms with van der Waals surface area (Å²) in [6, 6.07) is 3.01. The molecule has 10 heteroatoms. The van der Waals surface area contributed by atoms with E-state index in [9.17, 15) is 26.4 Å². The molecule has 0 aromatic heterocycles. The third-order valence-corrected chi connectivity index (χ3v) is 4.21. The largest absolute Gasteiger partial charge is 0.481 e. The zero-order valence-electron chi connectivity index (χ0n) is 10.4. The van der Waals surface area contributed by atoms with Crippen molar-refractivity contribution in [3.8, 4) is 0 Å². The maximum Gasteiger partial charge on any atom is 0.418 e. The summed E-state index contributed by atoms with van der Waals surface area (Å²) in [6.07, 6.45) is -5.29. The molecule has 0 radical (unpaired) electrons. The van der Waals surface area contributed by atoms with E-state index < -0.39 is 39.2 Å². The number of hydrogen-bond acceptors (Lipinski definition) is 3. The highest BCUT2D eigenvalue weighted by Crippen LogP contribution is 2.36. The fourth-order valence-corrected chi connectivity index (χ4v) is 2.97. The Hall–Kier alpha value is -1.29. The second-order valence-electron chi connectivity index (χ2n) is 4.11. The summed E-state index contributed by atoms with van der Waals surface area (Å²) >= 11 is 2.88. The molecule has 0 bridgehead atoms. The minimum absolute atomic E-state index is 0.156. The minimum atomic E-state index is -4.72. The minimum Gasteiger partial charge on any atom is -0.481 e. The molecule has 0 unspecified atom stereocenters. The maximum absolute atomic E-state index is 12.8. The SMILES string of the molecule is O=C(O)CCCS(=O)(=O)Nc1ccc(Br)cc1C(F)(F)F. The number of carbonyl (C=O) groups is 1. The van der Waals surface area contributed by atoms with E-state index in [4.69, 9.17) is 5.11 Å². The van der Waals surface area contributed by atoms with Crippen LogP contribution in [0.25, 0.3) is 0 Å². The maximum atomic E-state index is 12.8. The van der Waals surface area contributed by atoms with Crippen molar-refractivity contribution in [2.75, 3.05) is 10.5 Å². The lowest BCUT2D eigenvalue weighted by molar-refractivity contribution is -0.137. The van der Waals surface area contributed by atoms with Gasteiger partial charge in [-0.15, -0.1) is 0 Å². The normalized spacial score (nSPS) is 12.2. The highest BCUT2D eigenvalue weighted by molar-refractivity contribution is 9.10. The van der Waals surface area contributed by atoms with Crippen molar-refractivity contribution in [2.45, 2.75) is 19.0 Å². The van der Waals surface area contributed by atoms with Crippen molar-refractivity contribution >= 4 is 37.6 Å². The van der Waals surface area contributed by atoms with Crippen LogP contribution in [0, 0.1) is 0 Å². The number of aliphatic carboxylic acids is 1. The molecule has 0 saturated carbocycles. The van der Waals surface area contributed by atoms with E-state index in [0.29, 0.717) is 0 Å². The second-order valence-corrected chi connectivity index (χ2v) is 6.86. The van der Waals surface area contributed by atoms with Gasteiger partial charge in [-0.3, -0.25) is 9.52 Å². The van der Waals surface area contributed by atoms with E-state index in [0.717, 1.165) is 12.1 Å². The average molecular weight is 390 g/mol. The summed E-state index contributed by atoms with van der Waals surface area (Å²) in [6.45, 7) is 0. The van der Waals surface area contributed by atoms with E-state index in [2.05, 4.69) is 15.9 Å². The molecule has 0 aliphatic heterocycles. The molecular formula is C11H11BrF3NO4S. The Morgan fingerprint density at radius 1 is 1.33 bits per heavy atom. The summed E-state index contributed by atoms with van der Waals surface area (Å²) in [4.78, 5) is 10.3. The zero-order chi connectivity index (χ0) is 16.3.